The van der Waals surface area contributed by atoms with Gasteiger partial charge in [0.2, 0.25) is 0 Å². The molecule has 4 nitrogen and oxygen atoms in total. The van der Waals surface area contributed by atoms with Crippen molar-refractivity contribution in [1.82, 2.24) is 0 Å². The molecule has 1 unspecified atom stereocenters. The second kappa shape index (κ2) is 12.4. The molecule has 1 atom stereocenters. The van der Waals surface area contributed by atoms with Gasteiger partial charge < -0.3 is 14.2 Å². The summed E-state index contributed by atoms with van der Waals surface area (Å²) in [6.45, 7) is 9.25. The fraction of sp³-hybridized carbons (Fsp3) is 0.786. The molecule has 0 N–H and O–H groups in total. The first kappa shape index (κ1) is 17.0. The molecular formula is C14H26O4. The molecule has 0 amide bonds. The minimum absolute atomic E-state index is 0.0362. The van der Waals surface area contributed by atoms with Gasteiger partial charge in [0.05, 0.1) is 25.4 Å². The number of unbranched alkanes of at least 4 members (excludes halogenated alkanes) is 1. The maximum Gasteiger partial charge on any atom is 0.308 e. The van der Waals surface area contributed by atoms with Gasteiger partial charge in [-0.2, -0.15) is 0 Å². The van der Waals surface area contributed by atoms with E-state index in [1.165, 1.54) is 6.26 Å². The van der Waals surface area contributed by atoms with E-state index in [4.69, 9.17) is 14.2 Å². The zero-order valence-electron chi connectivity index (χ0n) is 11.7. The Balaban J connectivity index is 3.52. The monoisotopic (exact) mass is 258 g/mol. The molecule has 0 aliphatic rings. The molecular weight excluding hydrogens is 232 g/mol. The first-order valence-corrected chi connectivity index (χ1v) is 6.73. The van der Waals surface area contributed by atoms with E-state index in [-0.39, 0.29) is 11.9 Å². The van der Waals surface area contributed by atoms with Gasteiger partial charge in [-0.15, -0.1) is 0 Å². The van der Waals surface area contributed by atoms with E-state index in [0.717, 1.165) is 25.7 Å². The summed E-state index contributed by atoms with van der Waals surface area (Å²) in [7, 11) is 0. The molecule has 0 aliphatic heterocycles. The average Bonchev–Trinajstić information content (AvgIpc) is 2.38. The minimum atomic E-state index is -0.100. The van der Waals surface area contributed by atoms with Crippen LogP contribution in [0.5, 0.6) is 0 Å². The largest absolute Gasteiger partial charge is 0.499 e. The van der Waals surface area contributed by atoms with E-state index in [9.17, 15) is 4.79 Å². The number of rotatable bonds is 12. The normalized spacial score (nSPS) is 11.9. The Morgan fingerprint density at radius 1 is 1.22 bits per heavy atom. The van der Waals surface area contributed by atoms with Crippen LogP contribution in [0.1, 0.15) is 39.5 Å². The standard InChI is InChI=1S/C14H26O4/c1-4-7-8-13(5-2)14(15)18-12-11-17-10-9-16-6-3/h6,13H,3-5,7-12H2,1-2H3. The Bertz CT molecular complexity index is 216. The van der Waals surface area contributed by atoms with Crippen LogP contribution >= 0.6 is 0 Å². The summed E-state index contributed by atoms with van der Waals surface area (Å²) in [6, 6.07) is 0. The smallest absolute Gasteiger partial charge is 0.308 e. The molecule has 0 fully saturated rings. The zero-order valence-corrected chi connectivity index (χ0v) is 11.7. The maximum atomic E-state index is 11.7. The predicted molar refractivity (Wildman–Crippen MR) is 71.2 cm³/mol. The van der Waals surface area contributed by atoms with E-state index >= 15 is 0 Å². The lowest BCUT2D eigenvalue weighted by atomic mass is 10.00. The predicted octanol–water partition coefficient (Wildman–Crippen LogP) is 2.92. The third-order valence-corrected chi connectivity index (χ3v) is 2.67. The summed E-state index contributed by atoms with van der Waals surface area (Å²) in [5.41, 5.74) is 0. The SMILES string of the molecule is C=COCCOCCOC(=O)C(CC)CCCC. The first-order valence-electron chi connectivity index (χ1n) is 6.73. The average molecular weight is 258 g/mol. The molecule has 0 radical (unpaired) electrons. The Morgan fingerprint density at radius 3 is 2.56 bits per heavy atom. The molecule has 0 saturated heterocycles. The fourth-order valence-corrected chi connectivity index (χ4v) is 1.55. The maximum absolute atomic E-state index is 11.7. The second-order valence-electron chi connectivity index (χ2n) is 4.06. The van der Waals surface area contributed by atoms with Gasteiger partial charge in [0.15, 0.2) is 0 Å². The third kappa shape index (κ3) is 9.05. The van der Waals surface area contributed by atoms with Crippen molar-refractivity contribution in [2.45, 2.75) is 39.5 Å². The third-order valence-electron chi connectivity index (χ3n) is 2.67. The number of hydrogen-bond acceptors (Lipinski definition) is 4. The minimum Gasteiger partial charge on any atom is -0.499 e. The van der Waals surface area contributed by atoms with Gasteiger partial charge in [0.25, 0.3) is 0 Å². The van der Waals surface area contributed by atoms with Gasteiger partial charge in [0.1, 0.15) is 13.2 Å². The number of carbonyl (C=O) groups excluding carboxylic acids is 1. The fourth-order valence-electron chi connectivity index (χ4n) is 1.55. The lowest BCUT2D eigenvalue weighted by Crippen LogP contribution is -2.20. The van der Waals surface area contributed by atoms with Crippen LogP contribution < -0.4 is 0 Å². The van der Waals surface area contributed by atoms with E-state index in [2.05, 4.69) is 13.5 Å². The molecule has 0 bridgehead atoms. The number of carbonyl (C=O) groups is 1. The highest BCUT2D eigenvalue weighted by Crippen LogP contribution is 2.14. The number of esters is 1. The van der Waals surface area contributed by atoms with Crippen molar-refractivity contribution in [3.05, 3.63) is 12.8 Å². The van der Waals surface area contributed by atoms with E-state index < -0.39 is 0 Å². The zero-order chi connectivity index (χ0) is 13.6. The van der Waals surface area contributed by atoms with Crippen LogP contribution in [0, 0.1) is 5.92 Å². The van der Waals surface area contributed by atoms with Crippen molar-refractivity contribution in [3.8, 4) is 0 Å². The van der Waals surface area contributed by atoms with Crippen molar-refractivity contribution < 1.29 is 19.0 Å². The van der Waals surface area contributed by atoms with E-state index in [1.807, 2.05) is 6.92 Å². The van der Waals surface area contributed by atoms with Crippen LogP contribution in [0.25, 0.3) is 0 Å². The summed E-state index contributed by atoms with van der Waals surface area (Å²) in [5, 5.41) is 0. The van der Waals surface area contributed by atoms with Crippen molar-refractivity contribution in [1.29, 1.82) is 0 Å². The molecule has 0 aromatic heterocycles. The number of ether oxygens (including phenoxy) is 3. The molecule has 0 aromatic carbocycles. The molecule has 106 valence electrons. The molecule has 0 spiro atoms. The number of hydrogen-bond donors (Lipinski definition) is 0. The molecule has 0 saturated carbocycles. The molecule has 4 heteroatoms. The van der Waals surface area contributed by atoms with Gasteiger partial charge >= 0.3 is 5.97 Å². The van der Waals surface area contributed by atoms with Crippen LogP contribution in [0.3, 0.4) is 0 Å². The molecule has 0 aliphatic carbocycles. The second-order valence-corrected chi connectivity index (χ2v) is 4.06. The van der Waals surface area contributed by atoms with Crippen molar-refractivity contribution in [2.24, 2.45) is 5.92 Å². The quantitative estimate of drug-likeness (QED) is 0.307. The lowest BCUT2D eigenvalue weighted by molar-refractivity contribution is -0.150. The Hall–Kier alpha value is -1.03. The summed E-state index contributed by atoms with van der Waals surface area (Å²) in [4.78, 5) is 11.7. The van der Waals surface area contributed by atoms with Gasteiger partial charge in [-0.25, -0.2) is 0 Å². The van der Waals surface area contributed by atoms with Gasteiger partial charge in [-0.1, -0.05) is 33.3 Å². The lowest BCUT2D eigenvalue weighted by Gasteiger charge is -2.13. The van der Waals surface area contributed by atoms with Crippen LogP contribution in [0.15, 0.2) is 12.8 Å². The Labute approximate surface area is 110 Å². The van der Waals surface area contributed by atoms with Gasteiger partial charge in [-0.05, 0) is 12.8 Å². The first-order chi connectivity index (χ1) is 8.76. The van der Waals surface area contributed by atoms with Crippen molar-refractivity contribution in [2.75, 3.05) is 26.4 Å². The summed E-state index contributed by atoms with van der Waals surface area (Å²) in [6.07, 6.45) is 5.31. The van der Waals surface area contributed by atoms with Crippen LogP contribution in [0.2, 0.25) is 0 Å². The van der Waals surface area contributed by atoms with Crippen LogP contribution in [-0.2, 0) is 19.0 Å². The molecule has 0 aromatic rings. The highest BCUT2D eigenvalue weighted by Gasteiger charge is 2.16. The summed E-state index contributed by atoms with van der Waals surface area (Å²) in [5.74, 6) is -0.0639. The highest BCUT2D eigenvalue weighted by molar-refractivity contribution is 5.72. The van der Waals surface area contributed by atoms with Gasteiger partial charge in [-0.3, -0.25) is 4.79 Å². The van der Waals surface area contributed by atoms with E-state index in [0.29, 0.717) is 26.4 Å². The van der Waals surface area contributed by atoms with Gasteiger partial charge in [0, 0.05) is 0 Å². The Kier molecular flexibility index (Phi) is 11.7. The summed E-state index contributed by atoms with van der Waals surface area (Å²) >= 11 is 0. The molecule has 0 heterocycles. The Morgan fingerprint density at radius 2 is 1.94 bits per heavy atom. The van der Waals surface area contributed by atoms with Crippen LogP contribution in [-0.4, -0.2) is 32.4 Å². The highest BCUT2D eigenvalue weighted by atomic mass is 16.6. The van der Waals surface area contributed by atoms with Crippen LogP contribution in [0.4, 0.5) is 0 Å². The molecule has 0 rings (SSSR count). The molecule has 18 heavy (non-hydrogen) atoms. The van der Waals surface area contributed by atoms with Crippen molar-refractivity contribution in [3.63, 3.8) is 0 Å². The van der Waals surface area contributed by atoms with Crippen molar-refractivity contribution >= 4 is 5.97 Å². The topological polar surface area (TPSA) is 44.8 Å². The van der Waals surface area contributed by atoms with E-state index in [1.54, 1.807) is 0 Å². The summed E-state index contributed by atoms with van der Waals surface area (Å²) < 4.78 is 15.3.